The van der Waals surface area contributed by atoms with Crippen molar-refractivity contribution in [3.05, 3.63) is 70.8 Å². The molecule has 4 nitrogen and oxygen atoms in total. The third-order valence-electron chi connectivity index (χ3n) is 6.99. The number of amides is 1. The zero-order valence-electron chi connectivity index (χ0n) is 19.0. The second-order valence-corrected chi connectivity index (χ2v) is 9.21. The van der Waals surface area contributed by atoms with Gasteiger partial charge in [0.15, 0.2) is 0 Å². The van der Waals surface area contributed by atoms with E-state index in [0.29, 0.717) is 37.9 Å². The number of nitrogens with zero attached hydrogens (tertiary/aromatic N) is 1. The minimum absolute atomic E-state index is 0.0893. The van der Waals surface area contributed by atoms with Crippen molar-refractivity contribution in [2.45, 2.75) is 62.6 Å². The first-order valence-electron chi connectivity index (χ1n) is 11.4. The van der Waals surface area contributed by atoms with Crippen LogP contribution in [0, 0.1) is 0 Å². The summed E-state index contributed by atoms with van der Waals surface area (Å²) in [4.78, 5) is 14.2. The zero-order chi connectivity index (χ0) is 25.4. The summed E-state index contributed by atoms with van der Waals surface area (Å²) < 4.78 is 84.9. The topological polar surface area (TPSA) is 41.6 Å². The first kappa shape index (κ1) is 25.5. The van der Waals surface area contributed by atoms with E-state index in [1.807, 2.05) is 30.3 Å². The van der Waals surface area contributed by atoms with Crippen LogP contribution in [0.2, 0.25) is 0 Å². The molecule has 190 valence electrons. The monoisotopic (exact) mass is 500 g/mol. The molecule has 35 heavy (non-hydrogen) atoms. The number of nitrogens with one attached hydrogen (secondary N) is 1. The molecule has 2 fully saturated rings. The van der Waals surface area contributed by atoms with Gasteiger partial charge >= 0.3 is 12.4 Å². The molecular formula is C25H26F6N2O2. The molecule has 2 unspecified atom stereocenters. The van der Waals surface area contributed by atoms with Crippen molar-refractivity contribution in [2.75, 3.05) is 13.3 Å². The molecule has 2 saturated heterocycles. The molecule has 0 saturated carbocycles. The minimum Gasteiger partial charge on any atom is -0.353 e. The number of hydrogen-bond acceptors (Lipinski definition) is 3. The van der Waals surface area contributed by atoms with E-state index in [9.17, 15) is 31.1 Å². The van der Waals surface area contributed by atoms with Crippen LogP contribution in [0.5, 0.6) is 0 Å². The van der Waals surface area contributed by atoms with Crippen molar-refractivity contribution < 1.29 is 35.9 Å². The van der Waals surface area contributed by atoms with Crippen LogP contribution in [0.25, 0.3) is 0 Å². The van der Waals surface area contributed by atoms with Gasteiger partial charge in [0.1, 0.15) is 6.73 Å². The lowest BCUT2D eigenvalue weighted by Gasteiger charge is -2.44. The Kier molecular flexibility index (Phi) is 6.89. The number of carbonyl (C=O) groups is 1. The van der Waals surface area contributed by atoms with Gasteiger partial charge in [-0.2, -0.15) is 26.3 Å². The Balaban J connectivity index is 1.47. The maximum Gasteiger partial charge on any atom is 0.416 e. The second-order valence-electron chi connectivity index (χ2n) is 9.21. The second kappa shape index (κ2) is 9.46. The molecule has 1 amide bonds. The molecule has 4 rings (SSSR count). The molecular weight excluding hydrogens is 474 g/mol. The fourth-order valence-corrected chi connectivity index (χ4v) is 4.91. The fraction of sp³-hybridized carbons (Fsp3) is 0.480. The Morgan fingerprint density at radius 3 is 2.20 bits per heavy atom. The first-order valence-corrected chi connectivity index (χ1v) is 11.4. The van der Waals surface area contributed by atoms with Crippen LogP contribution in [0.15, 0.2) is 48.5 Å². The van der Waals surface area contributed by atoms with Gasteiger partial charge in [-0.25, -0.2) is 0 Å². The van der Waals surface area contributed by atoms with E-state index in [1.165, 1.54) is 6.92 Å². The smallest absolute Gasteiger partial charge is 0.353 e. The predicted octanol–water partition coefficient (Wildman–Crippen LogP) is 6.25. The van der Waals surface area contributed by atoms with E-state index >= 15 is 0 Å². The Bertz CT molecular complexity index is 1010. The van der Waals surface area contributed by atoms with E-state index < -0.39 is 35.1 Å². The summed E-state index contributed by atoms with van der Waals surface area (Å²) in [6.07, 6.45) is -8.53. The SMILES string of the molecule is C[C@@H](OCN1C(=O)CCC12CCC(c1ccccc1)NC2)c1cc(C(F)(F)F)cc(C(F)(F)F)c1. The molecule has 2 aromatic carbocycles. The average Bonchev–Trinajstić information content (AvgIpc) is 3.11. The molecule has 1 N–H and O–H groups in total. The minimum atomic E-state index is -4.94. The van der Waals surface area contributed by atoms with Gasteiger partial charge in [0.2, 0.25) is 5.91 Å². The van der Waals surface area contributed by atoms with Crippen molar-refractivity contribution >= 4 is 5.91 Å². The molecule has 2 aliphatic rings. The summed E-state index contributed by atoms with van der Waals surface area (Å²) in [6, 6.07) is 11.5. The number of benzene rings is 2. The third kappa shape index (κ3) is 5.48. The third-order valence-corrected chi connectivity index (χ3v) is 6.99. The van der Waals surface area contributed by atoms with Gasteiger partial charge in [0, 0.05) is 19.0 Å². The number of halogens is 6. The van der Waals surface area contributed by atoms with Gasteiger partial charge < -0.3 is 15.0 Å². The summed E-state index contributed by atoms with van der Waals surface area (Å²) >= 11 is 0. The molecule has 0 aromatic heterocycles. The van der Waals surface area contributed by atoms with E-state index in [0.717, 1.165) is 12.0 Å². The number of hydrogen-bond donors (Lipinski definition) is 1. The normalized spacial score (nSPS) is 24.3. The maximum absolute atomic E-state index is 13.2. The molecule has 2 heterocycles. The largest absolute Gasteiger partial charge is 0.416 e. The molecule has 0 radical (unpaired) electrons. The average molecular weight is 500 g/mol. The number of rotatable bonds is 5. The number of alkyl halides is 6. The van der Waals surface area contributed by atoms with Crippen molar-refractivity contribution in [1.82, 2.24) is 10.2 Å². The lowest BCUT2D eigenvalue weighted by Crippen LogP contribution is -2.56. The van der Waals surface area contributed by atoms with Crippen molar-refractivity contribution in [1.29, 1.82) is 0 Å². The van der Waals surface area contributed by atoms with Gasteiger partial charge in [-0.15, -0.1) is 0 Å². The molecule has 1 spiro atoms. The summed E-state index contributed by atoms with van der Waals surface area (Å²) in [5.74, 6) is -0.141. The van der Waals surface area contributed by atoms with Crippen molar-refractivity contribution in [3.63, 3.8) is 0 Å². The van der Waals surface area contributed by atoms with Crippen LogP contribution in [0.3, 0.4) is 0 Å². The lowest BCUT2D eigenvalue weighted by molar-refractivity contribution is -0.143. The van der Waals surface area contributed by atoms with Crippen LogP contribution in [-0.2, 0) is 21.9 Å². The number of ether oxygens (including phenoxy) is 1. The zero-order valence-corrected chi connectivity index (χ0v) is 19.0. The van der Waals surface area contributed by atoms with Crippen LogP contribution in [0.1, 0.15) is 67.0 Å². The lowest BCUT2D eigenvalue weighted by atomic mass is 9.83. The molecule has 0 bridgehead atoms. The summed E-state index contributed by atoms with van der Waals surface area (Å²) in [6.45, 7) is 1.69. The van der Waals surface area contributed by atoms with Gasteiger partial charge in [-0.05, 0) is 55.5 Å². The van der Waals surface area contributed by atoms with Crippen LogP contribution in [-0.4, -0.2) is 29.6 Å². The highest BCUT2D eigenvalue weighted by Gasteiger charge is 2.47. The quantitative estimate of drug-likeness (QED) is 0.494. The van der Waals surface area contributed by atoms with Gasteiger partial charge in [0.05, 0.1) is 22.8 Å². The highest BCUT2D eigenvalue weighted by molar-refractivity contribution is 5.79. The standard InChI is InChI=1S/C25H26F6N2O2/c1-16(18-11-19(24(26,27)28)13-20(12-18)25(29,30)31)35-15-33-22(34)8-10-23(33)9-7-21(32-14-23)17-5-3-2-4-6-17/h2-6,11-13,16,21,32H,7-10,14-15H2,1H3/t16-,21?,23?/m1/s1. The van der Waals surface area contributed by atoms with Gasteiger partial charge in [0.25, 0.3) is 0 Å². The van der Waals surface area contributed by atoms with Gasteiger partial charge in [-0.1, -0.05) is 30.3 Å². The maximum atomic E-state index is 13.2. The number of likely N-dealkylation sites (tertiary alicyclic amines) is 1. The highest BCUT2D eigenvalue weighted by Crippen LogP contribution is 2.41. The van der Waals surface area contributed by atoms with E-state index in [4.69, 9.17) is 4.74 Å². The first-order chi connectivity index (χ1) is 16.4. The van der Waals surface area contributed by atoms with E-state index in [2.05, 4.69) is 5.32 Å². The molecule has 2 aromatic rings. The molecule has 2 aliphatic heterocycles. The Morgan fingerprint density at radius 2 is 1.66 bits per heavy atom. The van der Waals surface area contributed by atoms with E-state index in [-0.39, 0.29) is 30.3 Å². The summed E-state index contributed by atoms with van der Waals surface area (Å²) in [5.41, 5.74) is -2.38. The summed E-state index contributed by atoms with van der Waals surface area (Å²) in [7, 11) is 0. The Labute approximate surface area is 199 Å². The van der Waals surface area contributed by atoms with Crippen LogP contribution >= 0.6 is 0 Å². The molecule has 10 heteroatoms. The van der Waals surface area contributed by atoms with Crippen molar-refractivity contribution in [3.8, 4) is 0 Å². The molecule has 3 atom stereocenters. The fourth-order valence-electron chi connectivity index (χ4n) is 4.91. The number of piperidine rings is 1. The Morgan fingerprint density at radius 1 is 1.03 bits per heavy atom. The van der Waals surface area contributed by atoms with Crippen molar-refractivity contribution in [2.24, 2.45) is 0 Å². The van der Waals surface area contributed by atoms with Gasteiger partial charge in [-0.3, -0.25) is 4.79 Å². The van der Waals surface area contributed by atoms with Crippen LogP contribution in [0.4, 0.5) is 26.3 Å². The summed E-state index contributed by atoms with van der Waals surface area (Å²) in [5, 5.41) is 3.49. The Hall–Kier alpha value is -2.59. The predicted molar refractivity (Wildman–Crippen MR) is 116 cm³/mol. The van der Waals surface area contributed by atoms with Crippen LogP contribution < -0.4 is 5.32 Å². The highest BCUT2D eigenvalue weighted by atomic mass is 19.4. The number of carbonyl (C=O) groups excluding carboxylic acids is 1. The van der Waals surface area contributed by atoms with E-state index in [1.54, 1.807) is 4.90 Å². The molecule has 0 aliphatic carbocycles.